The zero-order valence-corrected chi connectivity index (χ0v) is 13.6. The van der Waals surface area contributed by atoms with Crippen LogP contribution in [0.15, 0.2) is 18.2 Å². The van der Waals surface area contributed by atoms with E-state index in [-0.39, 0.29) is 36.4 Å². The summed E-state index contributed by atoms with van der Waals surface area (Å²) in [6.45, 7) is 9.58. The molecule has 114 valence electrons. The van der Waals surface area contributed by atoms with Gasteiger partial charge in [0.25, 0.3) is 0 Å². The number of rotatable bonds is 5. The first-order valence-electron chi connectivity index (χ1n) is 6.65. The maximum atomic E-state index is 11.9. The highest BCUT2D eigenvalue weighted by atomic mass is 35.5. The lowest BCUT2D eigenvalue weighted by molar-refractivity contribution is -0.119. The van der Waals surface area contributed by atoms with Crippen LogP contribution in [-0.4, -0.2) is 18.1 Å². The maximum Gasteiger partial charge on any atom is 0.228 e. The Morgan fingerprint density at radius 3 is 2.30 bits per heavy atom. The number of amides is 1. The van der Waals surface area contributed by atoms with E-state index in [1.807, 2.05) is 52.8 Å². The molecule has 0 aliphatic carbocycles. The highest BCUT2D eigenvalue weighted by molar-refractivity contribution is 5.92. The standard InChI is InChI=1S/C15H24N2O2.ClH/c1-9(2)19-14-7-6-13(8-10(14)3)17-15(18)11(4)12(5)16;/h6-9,11-12H,16H2,1-5H3,(H,17,18);1H. The Morgan fingerprint density at radius 2 is 1.85 bits per heavy atom. The minimum absolute atomic E-state index is 0. The van der Waals surface area contributed by atoms with Gasteiger partial charge in [-0.3, -0.25) is 4.79 Å². The van der Waals surface area contributed by atoms with E-state index < -0.39 is 0 Å². The summed E-state index contributed by atoms with van der Waals surface area (Å²) < 4.78 is 5.66. The third kappa shape index (κ3) is 5.39. The average molecular weight is 301 g/mol. The lowest BCUT2D eigenvalue weighted by atomic mass is 10.0. The van der Waals surface area contributed by atoms with E-state index in [9.17, 15) is 4.79 Å². The van der Waals surface area contributed by atoms with Gasteiger partial charge in [0.2, 0.25) is 5.91 Å². The van der Waals surface area contributed by atoms with E-state index in [1.165, 1.54) is 0 Å². The van der Waals surface area contributed by atoms with Crippen LogP contribution in [0, 0.1) is 12.8 Å². The monoisotopic (exact) mass is 300 g/mol. The van der Waals surface area contributed by atoms with Gasteiger partial charge in [-0.15, -0.1) is 12.4 Å². The number of anilines is 1. The van der Waals surface area contributed by atoms with E-state index in [4.69, 9.17) is 10.5 Å². The van der Waals surface area contributed by atoms with Crippen LogP contribution in [0.25, 0.3) is 0 Å². The predicted molar refractivity (Wildman–Crippen MR) is 85.6 cm³/mol. The normalized spacial score (nSPS) is 13.3. The van der Waals surface area contributed by atoms with Crippen molar-refractivity contribution < 1.29 is 9.53 Å². The van der Waals surface area contributed by atoms with Gasteiger partial charge in [-0.1, -0.05) is 6.92 Å². The number of benzene rings is 1. The largest absolute Gasteiger partial charge is 0.491 e. The van der Waals surface area contributed by atoms with Crippen molar-refractivity contribution in [2.45, 2.75) is 46.8 Å². The summed E-state index contributed by atoms with van der Waals surface area (Å²) in [4.78, 5) is 11.9. The second kappa shape index (κ2) is 8.12. The number of aryl methyl sites for hydroxylation is 1. The molecule has 1 rings (SSSR count). The van der Waals surface area contributed by atoms with Gasteiger partial charge >= 0.3 is 0 Å². The van der Waals surface area contributed by atoms with Crippen molar-refractivity contribution in [3.63, 3.8) is 0 Å². The highest BCUT2D eigenvalue weighted by Crippen LogP contribution is 2.23. The Kier molecular flexibility index (Phi) is 7.61. The van der Waals surface area contributed by atoms with Crippen LogP contribution in [0.1, 0.15) is 33.3 Å². The van der Waals surface area contributed by atoms with E-state index >= 15 is 0 Å². The Morgan fingerprint density at radius 1 is 1.25 bits per heavy atom. The molecule has 0 aromatic heterocycles. The third-order valence-corrected chi connectivity index (χ3v) is 3.01. The molecule has 4 nitrogen and oxygen atoms in total. The summed E-state index contributed by atoms with van der Waals surface area (Å²) in [7, 11) is 0. The molecule has 1 amide bonds. The first-order valence-corrected chi connectivity index (χ1v) is 6.65. The fourth-order valence-electron chi connectivity index (χ4n) is 1.61. The second-order valence-corrected chi connectivity index (χ2v) is 5.28. The molecule has 1 aromatic rings. The Balaban J connectivity index is 0.00000361. The topological polar surface area (TPSA) is 64.4 Å². The Bertz CT molecular complexity index is 447. The molecular formula is C15H25ClN2O2. The smallest absolute Gasteiger partial charge is 0.228 e. The Hall–Kier alpha value is -1.26. The van der Waals surface area contributed by atoms with E-state index in [0.717, 1.165) is 17.0 Å². The number of nitrogens with two attached hydrogens (primary N) is 1. The number of carbonyl (C=O) groups excluding carboxylic acids is 1. The fourth-order valence-corrected chi connectivity index (χ4v) is 1.61. The second-order valence-electron chi connectivity index (χ2n) is 5.28. The third-order valence-electron chi connectivity index (χ3n) is 3.01. The van der Waals surface area contributed by atoms with Gasteiger partial charge in [-0.2, -0.15) is 0 Å². The molecule has 0 aliphatic rings. The van der Waals surface area contributed by atoms with Gasteiger partial charge < -0.3 is 15.8 Å². The number of nitrogens with one attached hydrogen (secondary N) is 1. The molecule has 5 heteroatoms. The van der Waals surface area contributed by atoms with Crippen molar-refractivity contribution in [3.8, 4) is 5.75 Å². The van der Waals surface area contributed by atoms with Crippen molar-refractivity contribution in [3.05, 3.63) is 23.8 Å². The Labute approximate surface area is 127 Å². The van der Waals surface area contributed by atoms with Gasteiger partial charge in [0, 0.05) is 11.7 Å². The molecule has 0 radical (unpaired) electrons. The summed E-state index contributed by atoms with van der Waals surface area (Å²) in [5, 5.41) is 2.87. The maximum absolute atomic E-state index is 11.9. The first-order chi connectivity index (χ1) is 8.81. The number of carbonyl (C=O) groups is 1. The average Bonchev–Trinajstić information content (AvgIpc) is 2.31. The molecule has 0 heterocycles. The van der Waals surface area contributed by atoms with E-state index in [2.05, 4.69) is 5.32 Å². The molecule has 0 saturated carbocycles. The molecule has 0 bridgehead atoms. The van der Waals surface area contributed by atoms with Gasteiger partial charge in [0.15, 0.2) is 0 Å². The van der Waals surface area contributed by atoms with Crippen LogP contribution < -0.4 is 15.8 Å². The molecule has 3 N–H and O–H groups in total. The molecule has 0 saturated heterocycles. The molecule has 0 spiro atoms. The molecule has 0 fully saturated rings. The molecule has 2 atom stereocenters. The fraction of sp³-hybridized carbons (Fsp3) is 0.533. The first kappa shape index (κ1) is 18.7. The van der Waals surface area contributed by atoms with Gasteiger partial charge in [-0.25, -0.2) is 0 Å². The zero-order valence-electron chi connectivity index (χ0n) is 12.8. The predicted octanol–water partition coefficient (Wildman–Crippen LogP) is 3.13. The molecule has 2 unspecified atom stereocenters. The SMILES string of the molecule is Cc1cc(NC(=O)C(C)C(C)N)ccc1OC(C)C.Cl. The number of halogens is 1. The molecule has 1 aromatic carbocycles. The zero-order chi connectivity index (χ0) is 14.6. The van der Waals surface area contributed by atoms with Crippen LogP contribution in [-0.2, 0) is 4.79 Å². The molecule has 20 heavy (non-hydrogen) atoms. The summed E-state index contributed by atoms with van der Waals surface area (Å²) in [6.07, 6.45) is 0.136. The van der Waals surface area contributed by atoms with E-state index in [1.54, 1.807) is 0 Å². The molecule has 0 aliphatic heterocycles. The highest BCUT2D eigenvalue weighted by Gasteiger charge is 2.17. The van der Waals surface area contributed by atoms with Crippen molar-refractivity contribution in [1.82, 2.24) is 0 Å². The van der Waals surface area contributed by atoms with Crippen LogP contribution in [0.3, 0.4) is 0 Å². The lowest BCUT2D eigenvalue weighted by Gasteiger charge is -2.17. The minimum atomic E-state index is -0.216. The van der Waals surface area contributed by atoms with Crippen LogP contribution >= 0.6 is 12.4 Å². The summed E-state index contributed by atoms with van der Waals surface area (Å²) >= 11 is 0. The van der Waals surface area contributed by atoms with Gasteiger partial charge in [-0.05, 0) is 51.5 Å². The summed E-state index contributed by atoms with van der Waals surface area (Å²) in [6, 6.07) is 5.46. The van der Waals surface area contributed by atoms with Crippen molar-refractivity contribution in [1.29, 1.82) is 0 Å². The quantitative estimate of drug-likeness (QED) is 0.878. The van der Waals surface area contributed by atoms with Crippen LogP contribution in [0.2, 0.25) is 0 Å². The number of hydrogen-bond acceptors (Lipinski definition) is 3. The molecular weight excluding hydrogens is 276 g/mol. The van der Waals surface area contributed by atoms with Gasteiger partial charge in [0.05, 0.1) is 12.0 Å². The summed E-state index contributed by atoms with van der Waals surface area (Å²) in [5.41, 5.74) is 7.49. The summed E-state index contributed by atoms with van der Waals surface area (Å²) in [5.74, 6) is 0.562. The minimum Gasteiger partial charge on any atom is -0.491 e. The van der Waals surface area contributed by atoms with Crippen molar-refractivity contribution in [2.24, 2.45) is 11.7 Å². The van der Waals surface area contributed by atoms with E-state index in [0.29, 0.717) is 0 Å². The lowest BCUT2D eigenvalue weighted by Crippen LogP contribution is -2.34. The van der Waals surface area contributed by atoms with Crippen LogP contribution in [0.4, 0.5) is 5.69 Å². The number of hydrogen-bond donors (Lipinski definition) is 2. The number of ether oxygens (including phenoxy) is 1. The van der Waals surface area contributed by atoms with Gasteiger partial charge in [0.1, 0.15) is 5.75 Å². The van der Waals surface area contributed by atoms with Crippen LogP contribution in [0.5, 0.6) is 5.75 Å². The van der Waals surface area contributed by atoms with Crippen molar-refractivity contribution >= 4 is 24.0 Å². The van der Waals surface area contributed by atoms with Crippen molar-refractivity contribution in [2.75, 3.05) is 5.32 Å².